The smallest absolute Gasteiger partial charge is 0.247 e. The van der Waals surface area contributed by atoms with Gasteiger partial charge in [0, 0.05) is 19.0 Å². The Kier molecular flexibility index (Phi) is 4.87. The third-order valence-corrected chi connectivity index (χ3v) is 5.55. The van der Waals surface area contributed by atoms with Crippen LogP contribution in [0.3, 0.4) is 0 Å². The van der Waals surface area contributed by atoms with Crippen LogP contribution in [0.25, 0.3) is 11.1 Å². The van der Waals surface area contributed by atoms with Crippen LogP contribution in [0, 0.1) is 5.92 Å². The molecule has 1 amide bonds. The largest absolute Gasteiger partial charge is 0.440 e. The Balaban J connectivity index is 1.45. The molecule has 0 radical (unpaired) electrons. The van der Waals surface area contributed by atoms with E-state index in [-0.39, 0.29) is 23.8 Å². The number of nitrogens with zero attached hydrogens (tertiary/aromatic N) is 6. The predicted octanol–water partition coefficient (Wildman–Crippen LogP) is 2.81. The van der Waals surface area contributed by atoms with E-state index >= 15 is 0 Å². The molecule has 0 bridgehead atoms. The molecule has 1 aromatic carbocycles. The van der Waals surface area contributed by atoms with Gasteiger partial charge in [-0.05, 0) is 41.3 Å². The summed E-state index contributed by atoms with van der Waals surface area (Å²) in [6, 6.07) is 7.46. The number of carbonyl (C=O) groups excluding carboxylic acids is 1. The Labute approximate surface area is 157 Å². The molecule has 142 valence electrons. The Bertz CT molecular complexity index is 865. The van der Waals surface area contributed by atoms with Gasteiger partial charge >= 0.3 is 0 Å². The lowest BCUT2D eigenvalue weighted by Crippen LogP contribution is -2.44. The molecule has 27 heavy (non-hydrogen) atoms. The zero-order valence-electron chi connectivity index (χ0n) is 15.7. The minimum Gasteiger partial charge on any atom is -0.440 e. The molecule has 8 heteroatoms. The number of likely N-dealkylation sites (tertiary alicyclic amines) is 1. The summed E-state index contributed by atoms with van der Waals surface area (Å²) in [6.45, 7) is 5.53. The van der Waals surface area contributed by atoms with Crippen LogP contribution in [-0.2, 0) is 4.79 Å². The van der Waals surface area contributed by atoms with E-state index in [2.05, 4.69) is 34.4 Å². The van der Waals surface area contributed by atoms with Gasteiger partial charge in [-0.25, -0.2) is 9.67 Å². The van der Waals surface area contributed by atoms with Crippen LogP contribution in [0.2, 0.25) is 0 Å². The SMILES string of the molecule is CC[C@H](C)[C@@H](C(=O)N1CCC(c2nc3ccccc3o2)CC1)n1cnnn1. The highest BCUT2D eigenvalue weighted by atomic mass is 16.3. The molecule has 0 unspecified atom stereocenters. The molecule has 4 rings (SSSR count). The average Bonchev–Trinajstić information content (AvgIpc) is 3.38. The van der Waals surface area contributed by atoms with Crippen LogP contribution in [0.5, 0.6) is 0 Å². The van der Waals surface area contributed by atoms with E-state index in [1.807, 2.05) is 29.2 Å². The fourth-order valence-electron chi connectivity index (χ4n) is 3.73. The van der Waals surface area contributed by atoms with E-state index in [0.717, 1.165) is 36.3 Å². The van der Waals surface area contributed by atoms with Crippen molar-refractivity contribution >= 4 is 17.0 Å². The van der Waals surface area contributed by atoms with Gasteiger partial charge in [0.15, 0.2) is 11.5 Å². The van der Waals surface area contributed by atoms with Crippen molar-refractivity contribution in [1.29, 1.82) is 0 Å². The summed E-state index contributed by atoms with van der Waals surface area (Å²) in [5.74, 6) is 1.28. The number of para-hydroxylation sites is 2. The number of aromatic nitrogens is 5. The molecule has 2 atom stereocenters. The zero-order chi connectivity index (χ0) is 18.8. The topological polar surface area (TPSA) is 89.9 Å². The van der Waals surface area contributed by atoms with Gasteiger partial charge in [0.2, 0.25) is 5.91 Å². The highest BCUT2D eigenvalue weighted by Crippen LogP contribution is 2.31. The lowest BCUT2D eigenvalue weighted by molar-refractivity contribution is -0.138. The number of carbonyl (C=O) groups is 1. The Morgan fingerprint density at radius 3 is 2.74 bits per heavy atom. The van der Waals surface area contributed by atoms with Gasteiger partial charge in [0.05, 0.1) is 0 Å². The highest BCUT2D eigenvalue weighted by Gasteiger charge is 2.34. The van der Waals surface area contributed by atoms with Crippen molar-refractivity contribution in [3.63, 3.8) is 0 Å². The molecular weight excluding hydrogens is 344 g/mol. The quantitative estimate of drug-likeness (QED) is 0.688. The molecule has 0 spiro atoms. The Morgan fingerprint density at radius 2 is 2.07 bits per heavy atom. The Hall–Kier alpha value is -2.77. The van der Waals surface area contributed by atoms with E-state index in [1.165, 1.54) is 6.33 Å². The highest BCUT2D eigenvalue weighted by molar-refractivity contribution is 5.80. The van der Waals surface area contributed by atoms with Crippen LogP contribution in [0.4, 0.5) is 0 Å². The van der Waals surface area contributed by atoms with Crippen LogP contribution < -0.4 is 0 Å². The lowest BCUT2D eigenvalue weighted by Gasteiger charge is -2.34. The van der Waals surface area contributed by atoms with Crippen LogP contribution in [0.1, 0.15) is 51.0 Å². The molecule has 1 fully saturated rings. The minimum atomic E-state index is -0.356. The van der Waals surface area contributed by atoms with Crippen molar-refractivity contribution in [2.45, 2.75) is 45.1 Å². The maximum absolute atomic E-state index is 13.2. The number of tetrazole rings is 1. The number of oxazole rings is 1. The second-order valence-corrected chi connectivity index (χ2v) is 7.24. The van der Waals surface area contributed by atoms with E-state index in [0.29, 0.717) is 13.1 Å². The fraction of sp³-hybridized carbons (Fsp3) is 0.526. The number of hydrogen-bond acceptors (Lipinski definition) is 6. The third kappa shape index (κ3) is 3.43. The van der Waals surface area contributed by atoms with Crippen molar-refractivity contribution in [1.82, 2.24) is 30.1 Å². The molecule has 2 aromatic heterocycles. The molecule has 8 nitrogen and oxygen atoms in total. The maximum Gasteiger partial charge on any atom is 0.247 e. The van der Waals surface area contributed by atoms with Gasteiger partial charge in [-0.3, -0.25) is 4.79 Å². The van der Waals surface area contributed by atoms with Crippen molar-refractivity contribution in [2.75, 3.05) is 13.1 Å². The van der Waals surface area contributed by atoms with Gasteiger partial charge in [0.25, 0.3) is 0 Å². The van der Waals surface area contributed by atoms with Crippen molar-refractivity contribution in [2.24, 2.45) is 5.92 Å². The predicted molar refractivity (Wildman–Crippen MR) is 98.9 cm³/mol. The van der Waals surface area contributed by atoms with Crippen molar-refractivity contribution < 1.29 is 9.21 Å². The Morgan fingerprint density at radius 1 is 1.30 bits per heavy atom. The number of piperidine rings is 1. The molecule has 3 aromatic rings. The molecule has 1 aliphatic heterocycles. The summed E-state index contributed by atoms with van der Waals surface area (Å²) in [4.78, 5) is 19.7. The number of hydrogen-bond donors (Lipinski definition) is 0. The first-order valence-electron chi connectivity index (χ1n) is 9.54. The van der Waals surface area contributed by atoms with Gasteiger partial charge in [-0.15, -0.1) is 5.10 Å². The fourth-order valence-corrected chi connectivity index (χ4v) is 3.73. The third-order valence-electron chi connectivity index (χ3n) is 5.55. The maximum atomic E-state index is 13.2. The summed E-state index contributed by atoms with van der Waals surface area (Å²) in [5, 5.41) is 11.4. The molecule has 0 saturated carbocycles. The molecule has 0 aliphatic carbocycles. The molecule has 0 N–H and O–H groups in total. The van der Waals surface area contributed by atoms with E-state index in [9.17, 15) is 4.79 Å². The van der Waals surface area contributed by atoms with Gasteiger partial charge in [-0.2, -0.15) is 0 Å². The number of amides is 1. The second kappa shape index (κ2) is 7.46. The monoisotopic (exact) mass is 368 g/mol. The number of benzene rings is 1. The normalized spacial score (nSPS) is 17.9. The number of rotatable bonds is 5. The summed E-state index contributed by atoms with van der Waals surface area (Å²) in [5.41, 5.74) is 1.71. The summed E-state index contributed by atoms with van der Waals surface area (Å²) < 4.78 is 7.51. The van der Waals surface area contributed by atoms with E-state index in [1.54, 1.807) is 4.68 Å². The van der Waals surface area contributed by atoms with Gasteiger partial charge < -0.3 is 9.32 Å². The van der Waals surface area contributed by atoms with Gasteiger partial charge in [-0.1, -0.05) is 32.4 Å². The second-order valence-electron chi connectivity index (χ2n) is 7.24. The summed E-state index contributed by atoms with van der Waals surface area (Å²) in [7, 11) is 0. The molecular formula is C19H24N6O2. The first-order chi connectivity index (χ1) is 13.2. The summed E-state index contributed by atoms with van der Waals surface area (Å²) >= 11 is 0. The molecule has 3 heterocycles. The van der Waals surface area contributed by atoms with E-state index in [4.69, 9.17) is 4.42 Å². The van der Waals surface area contributed by atoms with Crippen molar-refractivity contribution in [3.05, 3.63) is 36.5 Å². The van der Waals surface area contributed by atoms with Crippen LogP contribution in [-0.4, -0.2) is 49.1 Å². The van der Waals surface area contributed by atoms with Crippen LogP contribution in [0.15, 0.2) is 35.0 Å². The summed E-state index contributed by atoms with van der Waals surface area (Å²) in [6.07, 6.45) is 4.11. The average molecular weight is 368 g/mol. The lowest BCUT2D eigenvalue weighted by atomic mass is 9.93. The van der Waals surface area contributed by atoms with Crippen molar-refractivity contribution in [3.8, 4) is 0 Å². The minimum absolute atomic E-state index is 0.0904. The first kappa shape index (κ1) is 17.6. The molecule has 1 saturated heterocycles. The molecule has 1 aliphatic rings. The van der Waals surface area contributed by atoms with E-state index < -0.39 is 0 Å². The zero-order valence-corrected chi connectivity index (χ0v) is 15.7. The van der Waals surface area contributed by atoms with Crippen LogP contribution >= 0.6 is 0 Å². The standard InChI is InChI=1S/C19H24N6O2/c1-3-13(2)17(25-12-20-22-23-25)19(26)24-10-8-14(9-11-24)18-21-15-6-4-5-7-16(15)27-18/h4-7,12-14,17H,3,8-11H2,1-2H3/t13-,17-/m0/s1. The first-order valence-corrected chi connectivity index (χ1v) is 9.54. The number of fused-ring (bicyclic) bond motifs is 1. The van der Waals surface area contributed by atoms with Gasteiger partial charge in [0.1, 0.15) is 17.9 Å².